The number of hydrogen-bond donors (Lipinski definition) is 1. The minimum absolute atomic E-state index is 0.183. The second-order valence-electron chi connectivity index (χ2n) is 4.11. The molecule has 1 rings (SSSR count). The smallest absolute Gasteiger partial charge is 0.287 e. The lowest BCUT2D eigenvalue weighted by atomic mass is 10.3. The van der Waals surface area contributed by atoms with Gasteiger partial charge in [-0.15, -0.1) is 0 Å². The summed E-state index contributed by atoms with van der Waals surface area (Å²) in [5.74, 6) is 0. The Kier molecular flexibility index (Phi) is 4.32. The van der Waals surface area contributed by atoms with Gasteiger partial charge in [-0.25, -0.2) is 4.68 Å². The minimum Gasteiger partial charge on any atom is -0.379 e. The fraction of sp³-hybridized carbons (Fsp3) is 0.600. The molecule has 0 aliphatic heterocycles. The van der Waals surface area contributed by atoms with Crippen LogP contribution in [0.1, 0.15) is 6.92 Å². The van der Waals surface area contributed by atoms with Crippen molar-refractivity contribution in [1.29, 1.82) is 0 Å². The van der Waals surface area contributed by atoms with Crippen LogP contribution in [0.15, 0.2) is 11.0 Å². The fourth-order valence-electron chi connectivity index (χ4n) is 1.47. The molecule has 0 amide bonds. The Balaban J connectivity index is 2.82. The number of anilines is 1. The van der Waals surface area contributed by atoms with E-state index in [2.05, 4.69) is 15.3 Å². The zero-order valence-electron chi connectivity index (χ0n) is 9.99. The Morgan fingerprint density at radius 1 is 1.62 bits per heavy atom. The summed E-state index contributed by atoms with van der Waals surface area (Å²) in [7, 11) is 5.55. The van der Waals surface area contributed by atoms with E-state index in [0.29, 0.717) is 5.69 Å². The van der Waals surface area contributed by atoms with Gasteiger partial charge in [0.05, 0.1) is 11.9 Å². The molecule has 6 heteroatoms. The molecule has 16 heavy (non-hydrogen) atoms. The van der Waals surface area contributed by atoms with Crippen LogP contribution in [0.4, 0.5) is 5.69 Å². The molecule has 0 spiro atoms. The van der Waals surface area contributed by atoms with Crippen LogP contribution in [0.3, 0.4) is 0 Å². The molecule has 1 aromatic rings. The molecule has 0 aromatic carbocycles. The third kappa shape index (κ3) is 3.21. The van der Waals surface area contributed by atoms with Crippen LogP contribution >= 0.6 is 11.6 Å². The molecule has 0 aliphatic carbocycles. The summed E-state index contributed by atoms with van der Waals surface area (Å²) in [5, 5.41) is 7.26. The third-order valence-electron chi connectivity index (χ3n) is 2.12. The quantitative estimate of drug-likeness (QED) is 0.851. The van der Waals surface area contributed by atoms with E-state index >= 15 is 0 Å². The lowest BCUT2D eigenvalue weighted by Crippen LogP contribution is -2.31. The molecule has 0 saturated heterocycles. The van der Waals surface area contributed by atoms with Crippen LogP contribution in [0.25, 0.3) is 0 Å². The van der Waals surface area contributed by atoms with Crippen LogP contribution in [-0.2, 0) is 7.05 Å². The summed E-state index contributed by atoms with van der Waals surface area (Å²) in [6, 6.07) is 0.196. The van der Waals surface area contributed by atoms with Gasteiger partial charge in [-0.1, -0.05) is 11.6 Å². The van der Waals surface area contributed by atoms with Gasteiger partial charge in [-0.2, -0.15) is 5.10 Å². The predicted molar refractivity (Wildman–Crippen MR) is 66.1 cm³/mol. The van der Waals surface area contributed by atoms with Crippen molar-refractivity contribution in [3.63, 3.8) is 0 Å². The molecule has 0 aliphatic rings. The predicted octanol–water partition coefficient (Wildman–Crippen LogP) is 0.796. The van der Waals surface area contributed by atoms with E-state index in [-0.39, 0.29) is 16.6 Å². The standard InChI is InChI=1S/C10H17ClN4O/c1-7(6-14(2)3)13-8-5-12-15(4)10(16)9(8)11/h5,7,13H,6H2,1-4H3. The summed E-state index contributed by atoms with van der Waals surface area (Å²) in [5.41, 5.74) is 0.294. The zero-order chi connectivity index (χ0) is 12.3. The maximum atomic E-state index is 11.5. The van der Waals surface area contributed by atoms with Gasteiger partial charge >= 0.3 is 0 Å². The number of rotatable bonds is 4. The fourth-order valence-corrected chi connectivity index (χ4v) is 1.70. The molecule has 1 N–H and O–H groups in total. The van der Waals surface area contributed by atoms with Gasteiger partial charge in [0.2, 0.25) is 0 Å². The third-order valence-corrected chi connectivity index (χ3v) is 2.48. The summed E-state index contributed by atoms with van der Waals surface area (Å²) < 4.78 is 1.21. The number of hydrogen-bond acceptors (Lipinski definition) is 4. The van der Waals surface area contributed by atoms with Crippen molar-refractivity contribution in [1.82, 2.24) is 14.7 Å². The molecule has 0 radical (unpaired) electrons. The molecule has 0 fully saturated rings. The van der Waals surface area contributed by atoms with Gasteiger partial charge in [-0.3, -0.25) is 4.79 Å². The number of halogens is 1. The molecule has 1 atom stereocenters. The van der Waals surface area contributed by atoms with Gasteiger partial charge in [-0.05, 0) is 21.0 Å². The van der Waals surface area contributed by atoms with E-state index < -0.39 is 0 Å². The van der Waals surface area contributed by atoms with E-state index in [1.54, 1.807) is 13.2 Å². The van der Waals surface area contributed by atoms with Crippen molar-refractivity contribution < 1.29 is 0 Å². The first-order chi connectivity index (χ1) is 7.41. The SMILES string of the molecule is CC(CN(C)C)Nc1cnn(C)c(=O)c1Cl. The highest BCUT2D eigenvalue weighted by Gasteiger charge is 2.10. The first-order valence-electron chi connectivity index (χ1n) is 5.05. The molecule has 0 bridgehead atoms. The maximum Gasteiger partial charge on any atom is 0.287 e. The number of aryl methyl sites for hydroxylation is 1. The molecule has 1 unspecified atom stereocenters. The van der Waals surface area contributed by atoms with Crippen molar-refractivity contribution in [2.75, 3.05) is 26.0 Å². The highest BCUT2D eigenvalue weighted by atomic mass is 35.5. The van der Waals surface area contributed by atoms with Crippen molar-refractivity contribution >= 4 is 17.3 Å². The first kappa shape index (κ1) is 13.0. The summed E-state index contributed by atoms with van der Waals surface area (Å²) in [4.78, 5) is 13.6. The molecule has 5 nitrogen and oxygen atoms in total. The highest BCUT2D eigenvalue weighted by molar-refractivity contribution is 6.32. The van der Waals surface area contributed by atoms with Crippen LogP contribution in [-0.4, -0.2) is 41.4 Å². The minimum atomic E-state index is -0.288. The van der Waals surface area contributed by atoms with Crippen molar-refractivity contribution in [2.24, 2.45) is 7.05 Å². The van der Waals surface area contributed by atoms with Crippen molar-refractivity contribution in [3.8, 4) is 0 Å². The number of nitrogens with zero attached hydrogens (tertiary/aromatic N) is 3. The van der Waals surface area contributed by atoms with Gasteiger partial charge < -0.3 is 10.2 Å². The Labute approximate surface area is 100 Å². The summed E-state index contributed by atoms with van der Waals surface area (Å²) >= 11 is 5.93. The second kappa shape index (κ2) is 5.32. The van der Waals surface area contributed by atoms with Crippen LogP contribution < -0.4 is 10.9 Å². The summed E-state index contributed by atoms with van der Waals surface area (Å²) in [6.45, 7) is 2.87. The van der Waals surface area contributed by atoms with Crippen LogP contribution in [0.2, 0.25) is 5.02 Å². The number of aromatic nitrogens is 2. The molecule has 1 heterocycles. The maximum absolute atomic E-state index is 11.5. The van der Waals surface area contributed by atoms with Crippen molar-refractivity contribution in [3.05, 3.63) is 21.6 Å². The molecule has 90 valence electrons. The lowest BCUT2D eigenvalue weighted by molar-refractivity contribution is 0.392. The average Bonchev–Trinajstić information content (AvgIpc) is 2.18. The Morgan fingerprint density at radius 3 is 2.81 bits per heavy atom. The van der Waals surface area contributed by atoms with Gasteiger partial charge in [0, 0.05) is 19.6 Å². The number of likely N-dealkylation sites (N-methyl/N-ethyl adjacent to an activating group) is 1. The molecule has 0 saturated carbocycles. The average molecular weight is 245 g/mol. The second-order valence-corrected chi connectivity index (χ2v) is 4.49. The van der Waals surface area contributed by atoms with Gasteiger partial charge in [0.1, 0.15) is 5.02 Å². The normalized spacial score (nSPS) is 12.9. The highest BCUT2D eigenvalue weighted by Crippen LogP contribution is 2.15. The van der Waals surface area contributed by atoms with E-state index in [1.807, 2.05) is 21.0 Å². The summed E-state index contributed by atoms with van der Waals surface area (Å²) in [6.07, 6.45) is 1.57. The zero-order valence-corrected chi connectivity index (χ0v) is 10.7. The Bertz CT molecular complexity index is 416. The largest absolute Gasteiger partial charge is 0.379 e. The van der Waals surface area contributed by atoms with Crippen molar-refractivity contribution in [2.45, 2.75) is 13.0 Å². The van der Waals surface area contributed by atoms with E-state index in [4.69, 9.17) is 11.6 Å². The van der Waals surface area contributed by atoms with Gasteiger partial charge in [0.25, 0.3) is 5.56 Å². The van der Waals surface area contributed by atoms with Crippen LogP contribution in [0.5, 0.6) is 0 Å². The molecule has 1 aromatic heterocycles. The lowest BCUT2D eigenvalue weighted by Gasteiger charge is -2.19. The van der Waals surface area contributed by atoms with Crippen LogP contribution in [0, 0.1) is 0 Å². The van der Waals surface area contributed by atoms with E-state index in [0.717, 1.165) is 6.54 Å². The number of nitrogens with one attached hydrogen (secondary N) is 1. The topological polar surface area (TPSA) is 50.2 Å². The molecular weight excluding hydrogens is 228 g/mol. The Hall–Kier alpha value is -1.07. The first-order valence-corrected chi connectivity index (χ1v) is 5.42. The van der Waals surface area contributed by atoms with Gasteiger partial charge in [0.15, 0.2) is 0 Å². The Morgan fingerprint density at radius 2 is 2.25 bits per heavy atom. The monoisotopic (exact) mass is 244 g/mol. The van der Waals surface area contributed by atoms with E-state index in [1.165, 1.54) is 4.68 Å². The van der Waals surface area contributed by atoms with E-state index in [9.17, 15) is 4.79 Å². The molecular formula is C10H17ClN4O.